The van der Waals surface area contributed by atoms with Crippen LogP contribution in [0.2, 0.25) is 15.1 Å². The van der Waals surface area contributed by atoms with Crippen molar-refractivity contribution in [1.82, 2.24) is 0 Å². The molecule has 0 aliphatic carbocycles. The lowest BCUT2D eigenvalue weighted by Gasteiger charge is -2.13. The number of aryl methyl sites for hydroxylation is 1. The van der Waals surface area contributed by atoms with E-state index in [0.717, 1.165) is 11.3 Å². The van der Waals surface area contributed by atoms with Crippen LogP contribution in [0.4, 0.5) is 11.4 Å². The molecule has 1 amide bonds. The summed E-state index contributed by atoms with van der Waals surface area (Å²) >= 11 is 18.0. The van der Waals surface area contributed by atoms with Crippen molar-refractivity contribution in [1.29, 1.82) is 0 Å². The lowest BCUT2D eigenvalue weighted by molar-refractivity contribution is -0.115. The molecule has 2 rings (SSSR count). The average molecular weight is 388 g/mol. The van der Waals surface area contributed by atoms with Crippen molar-refractivity contribution >= 4 is 52.1 Å². The predicted molar refractivity (Wildman–Crippen MR) is 101 cm³/mol. The van der Waals surface area contributed by atoms with Gasteiger partial charge in [0.25, 0.3) is 0 Å². The van der Waals surface area contributed by atoms with Crippen LogP contribution in [0.25, 0.3) is 0 Å². The van der Waals surface area contributed by atoms with Gasteiger partial charge in [0.15, 0.2) is 0 Å². The molecule has 0 aliphatic heterocycles. The van der Waals surface area contributed by atoms with E-state index in [-0.39, 0.29) is 12.3 Å². The van der Waals surface area contributed by atoms with Crippen LogP contribution < -0.4 is 15.4 Å². The van der Waals surface area contributed by atoms with E-state index < -0.39 is 0 Å². The Balaban J connectivity index is 1.93. The number of anilines is 2. The number of carbonyl (C=O) groups excluding carboxylic acids is 1. The molecule has 0 unspecified atom stereocenters. The topological polar surface area (TPSA) is 50.4 Å². The molecule has 2 N–H and O–H groups in total. The van der Waals surface area contributed by atoms with Gasteiger partial charge in [0.1, 0.15) is 5.75 Å². The van der Waals surface area contributed by atoms with E-state index in [1.54, 1.807) is 31.4 Å². The maximum atomic E-state index is 12.0. The molecule has 0 aliphatic rings. The largest absolute Gasteiger partial charge is 0.495 e. The van der Waals surface area contributed by atoms with Crippen LogP contribution in [-0.2, 0) is 4.79 Å². The Morgan fingerprint density at radius 1 is 1.12 bits per heavy atom. The highest BCUT2D eigenvalue weighted by atomic mass is 35.5. The Morgan fingerprint density at radius 3 is 2.58 bits per heavy atom. The summed E-state index contributed by atoms with van der Waals surface area (Å²) < 4.78 is 5.28. The highest BCUT2D eigenvalue weighted by Gasteiger charge is 2.10. The highest BCUT2D eigenvalue weighted by molar-refractivity contribution is 6.44. The van der Waals surface area contributed by atoms with Crippen LogP contribution in [0.5, 0.6) is 5.75 Å². The van der Waals surface area contributed by atoms with E-state index >= 15 is 0 Å². The summed E-state index contributed by atoms with van der Waals surface area (Å²) in [6, 6.07) is 8.71. The van der Waals surface area contributed by atoms with Crippen molar-refractivity contribution in [3.05, 3.63) is 51.0 Å². The molecule has 2 aromatic carbocycles. The molecule has 2 aromatic rings. The molecule has 0 heterocycles. The molecule has 0 aromatic heterocycles. The number of benzene rings is 2. The van der Waals surface area contributed by atoms with Crippen molar-refractivity contribution in [3.8, 4) is 5.75 Å². The summed E-state index contributed by atoms with van der Waals surface area (Å²) in [5.74, 6) is 0.459. The van der Waals surface area contributed by atoms with Crippen molar-refractivity contribution in [2.45, 2.75) is 13.3 Å². The zero-order chi connectivity index (χ0) is 17.7. The van der Waals surface area contributed by atoms with Crippen molar-refractivity contribution in [3.63, 3.8) is 0 Å². The summed E-state index contributed by atoms with van der Waals surface area (Å²) in [4.78, 5) is 12.0. The number of halogens is 3. The molecule has 0 fully saturated rings. The van der Waals surface area contributed by atoms with Crippen LogP contribution in [-0.4, -0.2) is 19.6 Å². The van der Waals surface area contributed by atoms with Gasteiger partial charge < -0.3 is 15.4 Å². The maximum Gasteiger partial charge on any atom is 0.226 e. The Hall–Kier alpha value is -1.62. The highest BCUT2D eigenvalue weighted by Crippen LogP contribution is 2.31. The van der Waals surface area contributed by atoms with Gasteiger partial charge in [0, 0.05) is 24.1 Å². The minimum Gasteiger partial charge on any atom is -0.495 e. The lowest BCUT2D eigenvalue weighted by atomic mass is 10.2. The molecule has 128 valence electrons. The molecular formula is C17H17Cl3N2O2. The minimum atomic E-state index is -0.170. The summed E-state index contributed by atoms with van der Waals surface area (Å²) in [5, 5.41) is 7.27. The van der Waals surface area contributed by atoms with Gasteiger partial charge in [-0.15, -0.1) is 0 Å². The third-order valence-electron chi connectivity index (χ3n) is 3.37. The normalized spacial score (nSPS) is 10.4. The van der Waals surface area contributed by atoms with Gasteiger partial charge in [0.05, 0.1) is 28.5 Å². The molecule has 0 radical (unpaired) electrons. The van der Waals surface area contributed by atoms with Crippen molar-refractivity contribution in [2.75, 3.05) is 24.3 Å². The van der Waals surface area contributed by atoms with Crippen LogP contribution in [0, 0.1) is 6.92 Å². The second-order valence-corrected chi connectivity index (χ2v) is 6.32. The monoisotopic (exact) mass is 386 g/mol. The van der Waals surface area contributed by atoms with Crippen LogP contribution >= 0.6 is 34.8 Å². The number of rotatable bonds is 6. The fourth-order valence-electron chi connectivity index (χ4n) is 2.09. The zero-order valence-electron chi connectivity index (χ0n) is 13.3. The van der Waals surface area contributed by atoms with Crippen LogP contribution in [0.3, 0.4) is 0 Å². The van der Waals surface area contributed by atoms with Gasteiger partial charge in [-0.05, 0) is 30.7 Å². The Kier molecular flexibility index (Phi) is 6.60. The first-order valence-corrected chi connectivity index (χ1v) is 8.37. The second-order valence-electron chi connectivity index (χ2n) is 5.13. The third kappa shape index (κ3) is 4.69. The predicted octanol–water partition coefficient (Wildman–Crippen LogP) is 5.40. The average Bonchev–Trinajstić information content (AvgIpc) is 2.55. The van der Waals surface area contributed by atoms with Crippen molar-refractivity contribution < 1.29 is 9.53 Å². The second kappa shape index (κ2) is 8.47. The number of amides is 1. The fourth-order valence-corrected chi connectivity index (χ4v) is 2.60. The van der Waals surface area contributed by atoms with E-state index in [2.05, 4.69) is 10.6 Å². The third-order valence-corrected chi connectivity index (χ3v) is 4.60. The Bertz CT molecular complexity index is 751. The number of methoxy groups -OCH3 is 1. The molecule has 24 heavy (non-hydrogen) atoms. The van der Waals surface area contributed by atoms with Crippen molar-refractivity contribution in [2.24, 2.45) is 0 Å². The molecular weight excluding hydrogens is 371 g/mol. The Morgan fingerprint density at radius 2 is 1.88 bits per heavy atom. The summed E-state index contributed by atoms with van der Waals surface area (Å²) in [5.41, 5.74) is 2.21. The fraction of sp³-hybridized carbons (Fsp3) is 0.235. The maximum absolute atomic E-state index is 12.0. The first kappa shape index (κ1) is 18.7. The van der Waals surface area contributed by atoms with Gasteiger partial charge >= 0.3 is 0 Å². The number of ether oxygens (including phenoxy) is 1. The van der Waals surface area contributed by atoms with E-state index in [4.69, 9.17) is 39.5 Å². The van der Waals surface area contributed by atoms with Gasteiger partial charge in [-0.1, -0.05) is 40.9 Å². The number of hydrogen-bond acceptors (Lipinski definition) is 3. The van der Waals surface area contributed by atoms with Gasteiger partial charge in [0.2, 0.25) is 5.91 Å². The molecule has 0 atom stereocenters. The molecule has 0 spiro atoms. The number of carbonyl (C=O) groups is 1. The van der Waals surface area contributed by atoms with Gasteiger partial charge in [-0.25, -0.2) is 0 Å². The summed E-state index contributed by atoms with van der Waals surface area (Å²) in [6.07, 6.45) is 0.258. The summed E-state index contributed by atoms with van der Waals surface area (Å²) in [6.45, 7) is 2.34. The quantitative estimate of drug-likeness (QED) is 0.697. The van der Waals surface area contributed by atoms with E-state index in [1.807, 2.05) is 13.0 Å². The van der Waals surface area contributed by atoms with Crippen LogP contribution in [0.1, 0.15) is 12.0 Å². The molecule has 0 saturated carbocycles. The molecule has 7 heteroatoms. The molecule has 0 saturated heterocycles. The van der Waals surface area contributed by atoms with Gasteiger partial charge in [-0.3, -0.25) is 4.79 Å². The SMILES string of the molecule is COc1cc(Cl)c(C)cc1NCCC(=O)Nc1cccc(Cl)c1Cl. The first-order valence-electron chi connectivity index (χ1n) is 7.24. The van der Waals surface area contributed by atoms with Crippen LogP contribution in [0.15, 0.2) is 30.3 Å². The van der Waals surface area contributed by atoms with E-state index in [0.29, 0.717) is 33.0 Å². The molecule has 0 bridgehead atoms. The number of nitrogens with one attached hydrogen (secondary N) is 2. The van der Waals surface area contributed by atoms with E-state index in [1.165, 1.54) is 0 Å². The van der Waals surface area contributed by atoms with E-state index in [9.17, 15) is 4.79 Å². The first-order chi connectivity index (χ1) is 11.4. The smallest absolute Gasteiger partial charge is 0.226 e. The molecule has 4 nitrogen and oxygen atoms in total. The summed E-state index contributed by atoms with van der Waals surface area (Å²) in [7, 11) is 1.57. The number of hydrogen-bond donors (Lipinski definition) is 2. The minimum absolute atomic E-state index is 0.170. The zero-order valence-corrected chi connectivity index (χ0v) is 15.5. The Labute approximate surface area is 156 Å². The lowest BCUT2D eigenvalue weighted by Crippen LogP contribution is -2.16. The van der Waals surface area contributed by atoms with Gasteiger partial charge in [-0.2, -0.15) is 0 Å². The standard InChI is InChI=1S/C17H17Cl3N2O2/c1-10-8-14(15(24-2)9-12(10)19)21-7-6-16(23)22-13-5-3-4-11(18)17(13)20/h3-5,8-9,21H,6-7H2,1-2H3,(H,22,23).